The number of rotatable bonds is 7. The predicted octanol–water partition coefficient (Wildman–Crippen LogP) is 4.75. The smallest absolute Gasteiger partial charge is 0.433 e. The van der Waals surface area contributed by atoms with E-state index in [-0.39, 0.29) is 36.9 Å². The van der Waals surface area contributed by atoms with Gasteiger partial charge in [-0.15, -0.1) is 29.7 Å². The molecule has 10 heteroatoms. The molecule has 0 amide bonds. The molecule has 1 aromatic heterocycles. The van der Waals surface area contributed by atoms with Gasteiger partial charge in [-0.2, -0.15) is 13.2 Å². The molecule has 1 fully saturated rings. The fourth-order valence-corrected chi connectivity index (χ4v) is 4.05. The Morgan fingerprint density at radius 2 is 1.82 bits per heavy atom. The first-order chi connectivity index (χ1) is 16.2. The summed E-state index contributed by atoms with van der Waals surface area (Å²) in [6.07, 6.45) is 4.85. The Hall–Kier alpha value is -2.19. The minimum Gasteiger partial charge on any atom is -0.446 e. The summed E-state index contributed by atoms with van der Waals surface area (Å²) in [5.74, 6) is -0.0870. The van der Waals surface area contributed by atoms with Gasteiger partial charge >= 0.3 is 6.18 Å². The first kappa shape index (κ1) is 29.8. The molecule has 0 radical (unpaired) electrons. The normalized spacial score (nSPS) is 19.9. The van der Waals surface area contributed by atoms with Crippen LogP contribution in [0.25, 0.3) is 0 Å². The molecular formula is C24H33F3N2O4S. The van der Waals surface area contributed by atoms with E-state index in [0.717, 1.165) is 22.3 Å². The Bertz CT molecular complexity index is 875. The van der Waals surface area contributed by atoms with Crippen molar-refractivity contribution in [1.82, 2.24) is 9.78 Å². The fourth-order valence-electron chi connectivity index (χ4n) is 3.64. The minimum absolute atomic E-state index is 0.0100. The van der Waals surface area contributed by atoms with Crippen molar-refractivity contribution in [1.29, 1.82) is 0 Å². The molecule has 1 aliphatic rings. The summed E-state index contributed by atoms with van der Waals surface area (Å²) >= 11 is 1.57. The Labute approximate surface area is 203 Å². The van der Waals surface area contributed by atoms with Crippen molar-refractivity contribution < 1.29 is 32.9 Å². The summed E-state index contributed by atoms with van der Waals surface area (Å²) < 4.78 is 54.4. The molecule has 1 aromatic carbocycles. The third-order valence-corrected chi connectivity index (χ3v) is 5.70. The Balaban J connectivity index is 0.00000137. The van der Waals surface area contributed by atoms with E-state index in [1.54, 1.807) is 25.6 Å². The molecule has 0 spiro atoms. The zero-order valence-corrected chi connectivity index (χ0v) is 20.7. The molecule has 2 N–H and O–H groups in total. The molecular weight excluding hydrogens is 469 g/mol. The largest absolute Gasteiger partial charge is 0.446 e. The first-order valence-corrected chi connectivity index (χ1v) is 12.0. The third kappa shape index (κ3) is 8.24. The topological polar surface area (TPSA) is 76.7 Å². The average molecular weight is 503 g/mol. The van der Waals surface area contributed by atoms with E-state index in [1.807, 2.05) is 30.5 Å². The second-order valence-corrected chi connectivity index (χ2v) is 8.38. The maximum Gasteiger partial charge on any atom is 0.433 e. The fraction of sp³-hybridized carbons (Fsp3) is 0.542. The molecule has 3 atom stereocenters. The maximum atomic E-state index is 14.0. The molecule has 0 aliphatic carbocycles. The number of aliphatic hydroxyl groups excluding tert-OH is 2. The van der Waals surface area contributed by atoms with E-state index in [2.05, 4.69) is 17.9 Å². The van der Waals surface area contributed by atoms with E-state index >= 15 is 0 Å². The molecule has 2 aromatic rings. The van der Waals surface area contributed by atoms with Crippen LogP contribution in [-0.4, -0.2) is 51.9 Å². The highest BCUT2D eigenvalue weighted by molar-refractivity contribution is 7.98. The van der Waals surface area contributed by atoms with Crippen LogP contribution in [-0.2, 0) is 23.9 Å². The van der Waals surface area contributed by atoms with Crippen LogP contribution in [0, 0.1) is 12.8 Å². The molecule has 1 saturated heterocycles. The van der Waals surface area contributed by atoms with Crippen molar-refractivity contribution >= 4 is 11.8 Å². The van der Waals surface area contributed by atoms with Gasteiger partial charge in [0.2, 0.25) is 12.2 Å². The van der Waals surface area contributed by atoms with Crippen LogP contribution in [0.15, 0.2) is 29.2 Å². The lowest BCUT2D eigenvalue weighted by Gasteiger charge is -2.30. The number of aromatic nitrogens is 2. The summed E-state index contributed by atoms with van der Waals surface area (Å²) in [6.45, 7) is 3.72. The van der Waals surface area contributed by atoms with Crippen LogP contribution < -0.4 is 4.74 Å². The maximum absolute atomic E-state index is 14.0. The van der Waals surface area contributed by atoms with E-state index in [9.17, 15) is 18.3 Å². The van der Waals surface area contributed by atoms with Gasteiger partial charge < -0.3 is 19.7 Å². The average Bonchev–Trinajstić information content (AvgIpc) is 3.13. The second kappa shape index (κ2) is 14.3. The number of hydrogen-bond donors (Lipinski definition) is 2. The highest BCUT2D eigenvalue weighted by Gasteiger charge is 2.41. The van der Waals surface area contributed by atoms with Crippen LogP contribution in [0.3, 0.4) is 0 Å². The first-order valence-electron chi connectivity index (χ1n) is 10.8. The van der Waals surface area contributed by atoms with E-state index in [0.29, 0.717) is 12.8 Å². The lowest BCUT2D eigenvalue weighted by atomic mass is 10.0. The van der Waals surface area contributed by atoms with Crippen molar-refractivity contribution in [3.63, 3.8) is 0 Å². The van der Waals surface area contributed by atoms with Gasteiger partial charge in [0, 0.05) is 31.4 Å². The quantitative estimate of drug-likeness (QED) is 0.421. The van der Waals surface area contributed by atoms with E-state index in [1.165, 1.54) is 0 Å². The molecule has 2 heterocycles. The summed E-state index contributed by atoms with van der Waals surface area (Å²) in [4.78, 5) is 1.03. The van der Waals surface area contributed by atoms with Crippen molar-refractivity contribution in [3.8, 4) is 18.7 Å². The van der Waals surface area contributed by atoms with Crippen molar-refractivity contribution in [2.75, 3.05) is 13.4 Å². The molecule has 0 saturated carbocycles. The number of hydrogen-bond acceptors (Lipinski definition) is 6. The van der Waals surface area contributed by atoms with Gasteiger partial charge in [0.25, 0.3) is 0 Å². The van der Waals surface area contributed by atoms with E-state index in [4.69, 9.17) is 14.6 Å². The number of alkyl halides is 3. The standard InChI is InChI=1S/C21H27F3N2O3S.C2H2.CH4O/c1-4-9-26-19(21(22,23)24)17(11-14-5-7-16(30-3)8-6-14)20(25-26)29-18-12-15(27)10-13(2)28-18;2*1-2/h5-8,13,15,18,27H,4,9-12H2,1-3H3;1-2H;2H,1H3/t13-,15+,18+;;/m1../s1. The number of thioether (sulfide) groups is 1. The van der Waals surface area contributed by atoms with Gasteiger partial charge in [-0.25, -0.2) is 0 Å². The zero-order valence-electron chi connectivity index (χ0n) is 19.9. The number of nitrogens with zero attached hydrogens (tertiary/aromatic N) is 2. The number of aliphatic hydroxyl groups is 2. The van der Waals surface area contributed by atoms with Gasteiger partial charge in [0.05, 0.1) is 17.8 Å². The second-order valence-electron chi connectivity index (χ2n) is 7.50. The molecule has 34 heavy (non-hydrogen) atoms. The van der Waals surface area contributed by atoms with Crippen LogP contribution in [0.2, 0.25) is 0 Å². The van der Waals surface area contributed by atoms with Gasteiger partial charge in [0.15, 0.2) is 0 Å². The minimum atomic E-state index is -4.57. The summed E-state index contributed by atoms with van der Waals surface area (Å²) in [6, 6.07) is 7.39. The lowest BCUT2D eigenvalue weighted by molar-refractivity contribution is -0.171. The Morgan fingerprint density at radius 1 is 1.21 bits per heavy atom. The molecule has 1 aliphatic heterocycles. The highest BCUT2D eigenvalue weighted by atomic mass is 32.2. The number of ether oxygens (including phenoxy) is 2. The summed E-state index contributed by atoms with van der Waals surface area (Å²) in [5, 5.41) is 21.1. The summed E-state index contributed by atoms with van der Waals surface area (Å²) in [5.41, 5.74) is -0.0703. The monoisotopic (exact) mass is 502 g/mol. The van der Waals surface area contributed by atoms with Crippen LogP contribution in [0.5, 0.6) is 5.88 Å². The molecule has 0 bridgehead atoms. The van der Waals surface area contributed by atoms with Gasteiger partial charge in [-0.3, -0.25) is 4.68 Å². The SMILES string of the molecule is C#C.CCCn1nc(O[C@H]2C[C@@H](O)C[C@@H](C)O2)c(Cc2ccc(SC)cc2)c1C(F)(F)F.CO. The number of halogens is 3. The number of aryl methyl sites for hydroxylation is 1. The molecule has 3 rings (SSSR count). The van der Waals surface area contributed by atoms with Crippen LogP contribution in [0.1, 0.15) is 49.9 Å². The Kier molecular flexibility index (Phi) is 12.5. The van der Waals surface area contributed by atoms with Crippen molar-refractivity contribution in [2.24, 2.45) is 0 Å². The zero-order chi connectivity index (χ0) is 25.9. The van der Waals surface area contributed by atoms with Gasteiger partial charge in [-0.05, 0) is 43.7 Å². The summed E-state index contributed by atoms with van der Waals surface area (Å²) in [7, 11) is 1.00. The molecule has 190 valence electrons. The highest BCUT2D eigenvalue weighted by Crippen LogP contribution is 2.38. The van der Waals surface area contributed by atoms with Crippen LogP contribution >= 0.6 is 11.8 Å². The van der Waals surface area contributed by atoms with Crippen molar-refractivity contribution in [3.05, 3.63) is 41.1 Å². The van der Waals surface area contributed by atoms with E-state index < -0.39 is 24.3 Å². The van der Waals surface area contributed by atoms with Crippen molar-refractivity contribution in [2.45, 2.75) is 75.6 Å². The molecule has 0 unspecified atom stereocenters. The molecule has 6 nitrogen and oxygen atoms in total. The number of benzene rings is 1. The predicted molar refractivity (Wildman–Crippen MR) is 127 cm³/mol. The third-order valence-electron chi connectivity index (χ3n) is 4.95. The number of terminal acetylenes is 1. The van der Waals surface area contributed by atoms with Crippen LogP contribution in [0.4, 0.5) is 13.2 Å². The lowest BCUT2D eigenvalue weighted by Crippen LogP contribution is -2.37. The van der Waals surface area contributed by atoms with Gasteiger partial charge in [-0.1, -0.05) is 19.1 Å². The Morgan fingerprint density at radius 3 is 2.32 bits per heavy atom. The van der Waals surface area contributed by atoms with Gasteiger partial charge in [0.1, 0.15) is 5.69 Å².